The maximum atomic E-state index is 12.2. The Bertz CT molecular complexity index is 839. The Kier molecular flexibility index (Phi) is 4.19. The minimum atomic E-state index is -0.140. The number of rotatable bonds is 5. The third kappa shape index (κ3) is 3.13. The van der Waals surface area contributed by atoms with Gasteiger partial charge in [0, 0.05) is 29.2 Å². The highest BCUT2D eigenvalue weighted by Crippen LogP contribution is 2.22. The number of aromatic amines is 1. The van der Waals surface area contributed by atoms with E-state index in [1.165, 1.54) is 10.9 Å². The predicted molar refractivity (Wildman–Crippen MR) is 91.7 cm³/mol. The van der Waals surface area contributed by atoms with E-state index in [4.69, 9.17) is 10.5 Å². The zero-order valence-electron chi connectivity index (χ0n) is 12.9. The van der Waals surface area contributed by atoms with Gasteiger partial charge >= 0.3 is 0 Å². The van der Waals surface area contributed by atoms with Gasteiger partial charge in [0.25, 0.3) is 5.91 Å². The molecule has 0 aliphatic rings. The quantitative estimate of drug-likeness (QED) is 0.634. The van der Waals surface area contributed by atoms with Crippen molar-refractivity contribution in [3.8, 4) is 5.75 Å². The standard InChI is InChI=1S/C18H19N3O2/c1-23-17-7-6-12(10-15(17)19)18(22)20-9-8-13-11-21-16-5-3-2-4-14(13)16/h2-7,10-11,21H,8-9,19H2,1H3,(H,20,22). The van der Waals surface area contributed by atoms with Crippen LogP contribution in [-0.2, 0) is 6.42 Å². The molecule has 1 aromatic heterocycles. The van der Waals surface area contributed by atoms with Crippen molar-refractivity contribution < 1.29 is 9.53 Å². The number of fused-ring (bicyclic) bond motifs is 1. The van der Waals surface area contributed by atoms with Crippen molar-refractivity contribution in [3.05, 3.63) is 59.8 Å². The molecule has 4 N–H and O–H groups in total. The van der Waals surface area contributed by atoms with E-state index < -0.39 is 0 Å². The monoisotopic (exact) mass is 309 g/mol. The second-order valence-electron chi connectivity index (χ2n) is 5.32. The molecule has 0 unspecified atom stereocenters. The van der Waals surface area contributed by atoms with Crippen molar-refractivity contribution in [1.82, 2.24) is 10.3 Å². The van der Waals surface area contributed by atoms with E-state index in [2.05, 4.69) is 16.4 Å². The summed E-state index contributed by atoms with van der Waals surface area (Å²) in [6, 6.07) is 13.2. The molecule has 0 atom stereocenters. The highest BCUT2D eigenvalue weighted by atomic mass is 16.5. The van der Waals surface area contributed by atoms with Gasteiger partial charge in [-0.2, -0.15) is 0 Å². The highest BCUT2D eigenvalue weighted by molar-refractivity contribution is 5.95. The number of carbonyl (C=O) groups excluding carboxylic acids is 1. The number of methoxy groups -OCH3 is 1. The summed E-state index contributed by atoms with van der Waals surface area (Å²) in [5, 5.41) is 4.11. The number of aromatic nitrogens is 1. The molecule has 1 heterocycles. The van der Waals surface area contributed by atoms with Crippen molar-refractivity contribution in [3.63, 3.8) is 0 Å². The largest absolute Gasteiger partial charge is 0.495 e. The smallest absolute Gasteiger partial charge is 0.251 e. The van der Waals surface area contributed by atoms with Crippen LogP contribution >= 0.6 is 0 Å². The Morgan fingerprint density at radius 2 is 2.09 bits per heavy atom. The second-order valence-corrected chi connectivity index (χ2v) is 5.32. The molecule has 3 rings (SSSR count). The Labute approximate surface area is 134 Å². The summed E-state index contributed by atoms with van der Waals surface area (Å²) in [5.74, 6) is 0.430. The van der Waals surface area contributed by atoms with E-state index in [-0.39, 0.29) is 5.91 Å². The SMILES string of the molecule is COc1ccc(C(=O)NCCc2c[nH]c3ccccc23)cc1N. The average Bonchev–Trinajstić information content (AvgIpc) is 2.98. The summed E-state index contributed by atoms with van der Waals surface area (Å²) in [6.07, 6.45) is 2.75. The number of amides is 1. The number of H-pyrrole nitrogens is 1. The molecule has 0 radical (unpaired) electrons. The van der Waals surface area contributed by atoms with E-state index in [9.17, 15) is 4.79 Å². The van der Waals surface area contributed by atoms with Gasteiger partial charge in [-0.3, -0.25) is 4.79 Å². The maximum Gasteiger partial charge on any atom is 0.251 e. The first kappa shape index (κ1) is 15.0. The van der Waals surface area contributed by atoms with Crippen LogP contribution < -0.4 is 15.8 Å². The van der Waals surface area contributed by atoms with Crippen LogP contribution in [0, 0.1) is 0 Å². The third-order valence-corrected chi connectivity index (χ3v) is 3.85. The van der Waals surface area contributed by atoms with Gasteiger partial charge in [-0.05, 0) is 36.2 Å². The minimum Gasteiger partial charge on any atom is -0.495 e. The first-order valence-corrected chi connectivity index (χ1v) is 7.46. The number of ether oxygens (including phenoxy) is 1. The van der Waals surface area contributed by atoms with Crippen molar-refractivity contribution in [1.29, 1.82) is 0 Å². The molecule has 0 fully saturated rings. The van der Waals surface area contributed by atoms with Crippen molar-refractivity contribution in [2.75, 3.05) is 19.4 Å². The molecule has 0 saturated heterocycles. The molecule has 3 aromatic rings. The summed E-state index contributed by atoms with van der Waals surface area (Å²) in [5.41, 5.74) is 9.11. The van der Waals surface area contributed by atoms with Gasteiger partial charge < -0.3 is 20.8 Å². The van der Waals surface area contributed by atoms with E-state index in [0.717, 1.165) is 11.9 Å². The molecular formula is C18H19N3O2. The lowest BCUT2D eigenvalue weighted by Gasteiger charge is -2.08. The number of hydrogen-bond acceptors (Lipinski definition) is 3. The maximum absolute atomic E-state index is 12.2. The van der Waals surface area contributed by atoms with Crippen LogP contribution in [0.3, 0.4) is 0 Å². The van der Waals surface area contributed by atoms with Crippen LogP contribution in [0.1, 0.15) is 15.9 Å². The fraction of sp³-hybridized carbons (Fsp3) is 0.167. The van der Waals surface area contributed by atoms with Crippen molar-refractivity contribution in [2.45, 2.75) is 6.42 Å². The van der Waals surface area contributed by atoms with Gasteiger partial charge in [-0.1, -0.05) is 18.2 Å². The van der Waals surface area contributed by atoms with E-state index in [0.29, 0.717) is 23.5 Å². The van der Waals surface area contributed by atoms with Gasteiger partial charge in [0.1, 0.15) is 5.75 Å². The molecule has 0 aliphatic carbocycles. The van der Waals surface area contributed by atoms with Crippen LogP contribution in [0.15, 0.2) is 48.7 Å². The number of hydrogen-bond donors (Lipinski definition) is 3. The van der Waals surface area contributed by atoms with E-state index >= 15 is 0 Å². The summed E-state index contributed by atoms with van der Waals surface area (Å²) >= 11 is 0. The number of para-hydroxylation sites is 1. The van der Waals surface area contributed by atoms with Gasteiger partial charge in [0.05, 0.1) is 12.8 Å². The molecule has 0 saturated carbocycles. The molecule has 0 aliphatic heterocycles. The first-order valence-electron chi connectivity index (χ1n) is 7.46. The number of nitrogens with one attached hydrogen (secondary N) is 2. The molecule has 0 bridgehead atoms. The third-order valence-electron chi connectivity index (χ3n) is 3.85. The fourth-order valence-corrected chi connectivity index (χ4v) is 2.63. The summed E-state index contributed by atoms with van der Waals surface area (Å²) in [4.78, 5) is 15.4. The van der Waals surface area contributed by atoms with Gasteiger partial charge in [0.15, 0.2) is 0 Å². The first-order chi connectivity index (χ1) is 11.2. The summed E-state index contributed by atoms with van der Waals surface area (Å²) in [6.45, 7) is 0.562. The minimum absolute atomic E-state index is 0.140. The van der Waals surface area contributed by atoms with Gasteiger partial charge in [-0.25, -0.2) is 0 Å². The lowest BCUT2D eigenvalue weighted by molar-refractivity contribution is 0.0954. The number of nitrogens with two attached hydrogens (primary N) is 1. The van der Waals surface area contributed by atoms with Gasteiger partial charge in [-0.15, -0.1) is 0 Å². The fourth-order valence-electron chi connectivity index (χ4n) is 2.63. The average molecular weight is 309 g/mol. The second kappa shape index (κ2) is 6.44. The van der Waals surface area contributed by atoms with Crippen molar-refractivity contribution in [2.24, 2.45) is 0 Å². The summed E-state index contributed by atoms with van der Waals surface area (Å²) < 4.78 is 5.09. The Morgan fingerprint density at radius 1 is 1.26 bits per heavy atom. The van der Waals surface area contributed by atoms with Gasteiger partial charge in [0.2, 0.25) is 0 Å². The Hall–Kier alpha value is -2.95. The van der Waals surface area contributed by atoms with Crippen LogP contribution in [0.25, 0.3) is 10.9 Å². The number of nitrogen functional groups attached to an aromatic ring is 1. The Balaban J connectivity index is 1.62. The molecule has 2 aromatic carbocycles. The number of benzene rings is 2. The Morgan fingerprint density at radius 3 is 2.87 bits per heavy atom. The van der Waals surface area contributed by atoms with Crippen LogP contribution in [0.4, 0.5) is 5.69 Å². The summed E-state index contributed by atoms with van der Waals surface area (Å²) in [7, 11) is 1.55. The molecular weight excluding hydrogens is 290 g/mol. The number of anilines is 1. The topological polar surface area (TPSA) is 80.1 Å². The zero-order chi connectivity index (χ0) is 16.2. The molecule has 1 amide bonds. The van der Waals surface area contributed by atoms with Crippen LogP contribution in [0.5, 0.6) is 5.75 Å². The molecule has 5 nitrogen and oxygen atoms in total. The normalized spacial score (nSPS) is 10.7. The van der Waals surface area contributed by atoms with Crippen molar-refractivity contribution >= 4 is 22.5 Å². The lowest BCUT2D eigenvalue weighted by atomic mass is 10.1. The van der Waals surface area contributed by atoms with E-state index in [1.54, 1.807) is 25.3 Å². The molecule has 5 heteroatoms. The molecule has 0 spiro atoms. The van der Waals surface area contributed by atoms with Crippen LogP contribution in [-0.4, -0.2) is 24.5 Å². The molecule has 118 valence electrons. The van der Waals surface area contributed by atoms with E-state index in [1.807, 2.05) is 24.4 Å². The highest BCUT2D eigenvalue weighted by Gasteiger charge is 2.09. The predicted octanol–water partition coefficient (Wildman–Crippen LogP) is 2.73. The van der Waals surface area contributed by atoms with Crippen LogP contribution in [0.2, 0.25) is 0 Å². The lowest BCUT2D eigenvalue weighted by Crippen LogP contribution is -2.25. The molecule has 23 heavy (non-hydrogen) atoms. The number of carbonyl (C=O) groups is 1. The zero-order valence-corrected chi connectivity index (χ0v) is 12.9.